The fraction of sp³-hybridized carbons (Fsp3) is 0.235. The zero-order valence-electron chi connectivity index (χ0n) is 13.9. The van der Waals surface area contributed by atoms with Gasteiger partial charge in [0.1, 0.15) is 5.75 Å². The van der Waals surface area contributed by atoms with Crippen molar-refractivity contribution >= 4 is 11.6 Å². The van der Waals surface area contributed by atoms with Crippen LogP contribution in [0.1, 0.15) is 0 Å². The van der Waals surface area contributed by atoms with Crippen LogP contribution in [0, 0.1) is 11.6 Å². The van der Waals surface area contributed by atoms with Crippen molar-refractivity contribution in [2.24, 2.45) is 0 Å². The van der Waals surface area contributed by atoms with Gasteiger partial charge in [-0.2, -0.15) is 0 Å². The Bertz CT molecular complexity index is 742. The van der Waals surface area contributed by atoms with E-state index in [-0.39, 0.29) is 12.4 Å². The molecule has 0 heterocycles. The van der Waals surface area contributed by atoms with Crippen molar-refractivity contribution in [2.45, 2.75) is 0 Å². The lowest BCUT2D eigenvalue weighted by atomic mass is 10.2. The van der Waals surface area contributed by atoms with Crippen LogP contribution in [0.2, 0.25) is 0 Å². The maximum atomic E-state index is 13.1. The van der Waals surface area contributed by atoms with E-state index in [0.717, 1.165) is 12.1 Å². The first-order valence-electron chi connectivity index (χ1n) is 7.16. The number of rotatable bonds is 7. The van der Waals surface area contributed by atoms with E-state index in [1.54, 1.807) is 12.1 Å². The molecule has 0 saturated heterocycles. The molecule has 0 aromatic heterocycles. The Balaban J connectivity index is 2.05. The number of amides is 1. The third-order valence-electron chi connectivity index (χ3n) is 3.21. The van der Waals surface area contributed by atoms with Gasteiger partial charge in [-0.25, -0.2) is 8.78 Å². The molecule has 8 heteroatoms. The first-order valence-corrected chi connectivity index (χ1v) is 7.16. The molecule has 2 aromatic rings. The summed E-state index contributed by atoms with van der Waals surface area (Å²) in [7, 11) is 4.37. The van der Waals surface area contributed by atoms with Crippen LogP contribution in [0.15, 0.2) is 30.3 Å². The largest absolute Gasteiger partial charge is 0.493 e. The Morgan fingerprint density at radius 2 is 1.60 bits per heavy atom. The molecule has 0 aliphatic heterocycles. The zero-order chi connectivity index (χ0) is 18.4. The summed E-state index contributed by atoms with van der Waals surface area (Å²) in [5.41, 5.74) is 0.397. The minimum Gasteiger partial charge on any atom is -0.493 e. The molecule has 0 fully saturated rings. The maximum Gasteiger partial charge on any atom is 0.262 e. The monoisotopic (exact) mass is 353 g/mol. The Hall–Kier alpha value is -3.03. The molecule has 0 atom stereocenters. The van der Waals surface area contributed by atoms with Gasteiger partial charge in [0.05, 0.1) is 21.3 Å². The van der Waals surface area contributed by atoms with E-state index in [0.29, 0.717) is 22.9 Å². The summed E-state index contributed by atoms with van der Waals surface area (Å²) in [5.74, 6) is -1.37. The lowest BCUT2D eigenvalue weighted by Gasteiger charge is -2.14. The maximum absolute atomic E-state index is 13.1. The van der Waals surface area contributed by atoms with Crippen LogP contribution < -0.4 is 24.3 Å². The van der Waals surface area contributed by atoms with Crippen LogP contribution in [0.4, 0.5) is 14.5 Å². The molecule has 1 N–H and O–H groups in total. The predicted molar refractivity (Wildman–Crippen MR) is 86.6 cm³/mol. The Kier molecular flexibility index (Phi) is 5.99. The summed E-state index contributed by atoms with van der Waals surface area (Å²) in [6.07, 6.45) is 0. The number of carbonyl (C=O) groups is 1. The summed E-state index contributed by atoms with van der Waals surface area (Å²) < 4.78 is 46.6. The number of hydrogen-bond acceptors (Lipinski definition) is 5. The summed E-state index contributed by atoms with van der Waals surface area (Å²) in [6, 6.07) is 6.11. The Morgan fingerprint density at radius 3 is 2.12 bits per heavy atom. The molecule has 25 heavy (non-hydrogen) atoms. The number of carbonyl (C=O) groups excluding carboxylic acids is 1. The highest BCUT2D eigenvalue weighted by Gasteiger charge is 2.15. The Morgan fingerprint density at radius 1 is 0.960 bits per heavy atom. The van der Waals surface area contributed by atoms with Crippen molar-refractivity contribution in [1.82, 2.24) is 0 Å². The third kappa shape index (κ3) is 4.50. The van der Waals surface area contributed by atoms with Crippen LogP contribution in [0.3, 0.4) is 0 Å². The van der Waals surface area contributed by atoms with Crippen molar-refractivity contribution in [3.8, 4) is 23.0 Å². The molecule has 134 valence electrons. The molecule has 0 unspecified atom stereocenters. The van der Waals surface area contributed by atoms with Gasteiger partial charge in [0.25, 0.3) is 5.91 Å². The number of hydrogen-bond donors (Lipinski definition) is 1. The molecule has 0 spiro atoms. The molecule has 2 aromatic carbocycles. The molecule has 0 aliphatic rings. The molecule has 0 aliphatic carbocycles. The standard InChI is InChI=1S/C17H17F2NO5/c1-22-14-6-10(7-15(23-2)17(14)24-3)20-16(21)9-25-11-4-5-12(18)13(19)8-11/h4-8H,9H2,1-3H3,(H,20,21). The topological polar surface area (TPSA) is 66.0 Å². The van der Waals surface area contributed by atoms with Gasteiger partial charge in [0, 0.05) is 23.9 Å². The molecule has 1 amide bonds. The quantitative estimate of drug-likeness (QED) is 0.829. The van der Waals surface area contributed by atoms with Gasteiger partial charge in [0.2, 0.25) is 5.75 Å². The van der Waals surface area contributed by atoms with Crippen molar-refractivity contribution < 1.29 is 32.5 Å². The van der Waals surface area contributed by atoms with E-state index in [1.165, 1.54) is 27.4 Å². The van der Waals surface area contributed by atoms with Crippen LogP contribution >= 0.6 is 0 Å². The molecule has 0 radical (unpaired) electrons. The van der Waals surface area contributed by atoms with E-state index < -0.39 is 17.5 Å². The van der Waals surface area contributed by atoms with Gasteiger partial charge in [-0.3, -0.25) is 4.79 Å². The highest BCUT2D eigenvalue weighted by molar-refractivity contribution is 5.92. The average molecular weight is 353 g/mol. The minimum atomic E-state index is -1.05. The predicted octanol–water partition coefficient (Wildman–Crippen LogP) is 3.01. The highest BCUT2D eigenvalue weighted by atomic mass is 19.2. The van der Waals surface area contributed by atoms with E-state index in [2.05, 4.69) is 5.32 Å². The highest BCUT2D eigenvalue weighted by Crippen LogP contribution is 2.39. The van der Waals surface area contributed by atoms with Gasteiger partial charge < -0.3 is 24.3 Å². The van der Waals surface area contributed by atoms with Crippen molar-refractivity contribution in [1.29, 1.82) is 0 Å². The van der Waals surface area contributed by atoms with Crippen LogP contribution in [-0.4, -0.2) is 33.8 Å². The number of methoxy groups -OCH3 is 3. The van der Waals surface area contributed by atoms with Gasteiger partial charge in [-0.15, -0.1) is 0 Å². The first kappa shape index (κ1) is 18.3. The Labute approximate surface area is 143 Å². The SMILES string of the molecule is COc1cc(NC(=O)COc2ccc(F)c(F)c2)cc(OC)c1OC. The number of benzene rings is 2. The average Bonchev–Trinajstić information content (AvgIpc) is 2.61. The second-order valence-corrected chi connectivity index (χ2v) is 4.83. The van der Waals surface area contributed by atoms with E-state index >= 15 is 0 Å². The molecule has 0 bridgehead atoms. The number of anilines is 1. The van der Waals surface area contributed by atoms with Gasteiger partial charge in [-0.05, 0) is 12.1 Å². The van der Waals surface area contributed by atoms with Gasteiger partial charge in [-0.1, -0.05) is 0 Å². The fourth-order valence-electron chi connectivity index (χ4n) is 2.07. The lowest BCUT2D eigenvalue weighted by molar-refractivity contribution is -0.118. The number of halogens is 2. The molecule has 6 nitrogen and oxygen atoms in total. The van der Waals surface area contributed by atoms with Crippen LogP contribution in [-0.2, 0) is 4.79 Å². The molecule has 0 saturated carbocycles. The molecule has 2 rings (SSSR count). The lowest BCUT2D eigenvalue weighted by Crippen LogP contribution is -2.20. The van der Waals surface area contributed by atoms with Gasteiger partial charge >= 0.3 is 0 Å². The summed E-state index contributed by atoms with van der Waals surface area (Å²) in [4.78, 5) is 12.0. The summed E-state index contributed by atoms with van der Waals surface area (Å²) >= 11 is 0. The van der Waals surface area contributed by atoms with E-state index in [4.69, 9.17) is 18.9 Å². The van der Waals surface area contributed by atoms with E-state index in [1.807, 2.05) is 0 Å². The molecular formula is C17H17F2NO5. The normalized spacial score (nSPS) is 10.1. The number of ether oxygens (including phenoxy) is 4. The second kappa shape index (κ2) is 8.18. The van der Waals surface area contributed by atoms with Crippen molar-refractivity contribution in [2.75, 3.05) is 33.3 Å². The van der Waals surface area contributed by atoms with Gasteiger partial charge in [0.15, 0.2) is 29.7 Å². The fourth-order valence-corrected chi connectivity index (χ4v) is 2.07. The van der Waals surface area contributed by atoms with Crippen LogP contribution in [0.5, 0.6) is 23.0 Å². The van der Waals surface area contributed by atoms with Crippen molar-refractivity contribution in [3.05, 3.63) is 42.0 Å². The summed E-state index contributed by atoms with van der Waals surface area (Å²) in [6.45, 7) is -0.387. The molecular weight excluding hydrogens is 336 g/mol. The van der Waals surface area contributed by atoms with E-state index in [9.17, 15) is 13.6 Å². The minimum absolute atomic E-state index is 0.0407. The third-order valence-corrected chi connectivity index (χ3v) is 3.21. The first-order chi connectivity index (χ1) is 12.0. The zero-order valence-corrected chi connectivity index (χ0v) is 13.9. The van der Waals surface area contributed by atoms with Crippen molar-refractivity contribution in [3.63, 3.8) is 0 Å². The smallest absolute Gasteiger partial charge is 0.262 e. The summed E-state index contributed by atoms with van der Waals surface area (Å²) in [5, 5.41) is 2.59. The van der Waals surface area contributed by atoms with Crippen LogP contribution in [0.25, 0.3) is 0 Å². The second-order valence-electron chi connectivity index (χ2n) is 4.83. The number of nitrogens with one attached hydrogen (secondary N) is 1.